The van der Waals surface area contributed by atoms with Crippen molar-refractivity contribution >= 4 is 5.97 Å². The lowest BCUT2D eigenvalue weighted by Gasteiger charge is -2.27. The lowest BCUT2D eigenvalue weighted by atomic mass is 9.79. The van der Waals surface area contributed by atoms with Gasteiger partial charge in [0.05, 0.1) is 0 Å². The van der Waals surface area contributed by atoms with Crippen molar-refractivity contribution in [2.45, 2.75) is 45.1 Å². The Hall–Kier alpha value is -0.570. The lowest BCUT2D eigenvalue weighted by Crippen LogP contribution is -2.33. The van der Waals surface area contributed by atoms with Gasteiger partial charge < -0.3 is 10.8 Å². The first-order chi connectivity index (χ1) is 6.09. The summed E-state index contributed by atoms with van der Waals surface area (Å²) in [4.78, 5) is 10.5. The van der Waals surface area contributed by atoms with Crippen molar-refractivity contribution in [1.82, 2.24) is 0 Å². The zero-order valence-corrected chi connectivity index (χ0v) is 8.20. The van der Waals surface area contributed by atoms with Gasteiger partial charge in [0, 0.05) is 0 Å². The van der Waals surface area contributed by atoms with Gasteiger partial charge in [-0.3, -0.25) is 4.79 Å². The van der Waals surface area contributed by atoms with E-state index in [9.17, 15) is 4.79 Å². The summed E-state index contributed by atoms with van der Waals surface area (Å²) in [5.41, 5.74) is 5.49. The number of carboxylic acid groups (broad SMARTS) is 1. The highest BCUT2D eigenvalue weighted by Gasteiger charge is 2.23. The quantitative estimate of drug-likeness (QED) is 0.702. The minimum Gasteiger partial charge on any atom is -0.480 e. The van der Waals surface area contributed by atoms with Gasteiger partial charge in [-0.15, -0.1) is 0 Å². The van der Waals surface area contributed by atoms with Crippen LogP contribution in [0.15, 0.2) is 0 Å². The molecule has 0 spiro atoms. The van der Waals surface area contributed by atoms with Gasteiger partial charge in [-0.1, -0.05) is 26.2 Å². The number of hydrogen-bond donors (Lipinski definition) is 2. The molecule has 76 valence electrons. The van der Waals surface area contributed by atoms with Crippen LogP contribution in [-0.4, -0.2) is 17.1 Å². The van der Waals surface area contributed by atoms with Crippen LogP contribution in [0.5, 0.6) is 0 Å². The molecular formula is C10H19NO2. The van der Waals surface area contributed by atoms with Gasteiger partial charge >= 0.3 is 5.97 Å². The minimum absolute atomic E-state index is 0.537. The zero-order valence-electron chi connectivity index (χ0n) is 8.20. The highest BCUT2D eigenvalue weighted by Crippen LogP contribution is 2.31. The van der Waals surface area contributed by atoms with Crippen LogP contribution in [0, 0.1) is 11.8 Å². The molecule has 0 aromatic carbocycles. The molecule has 3 heteroatoms. The Morgan fingerprint density at radius 1 is 1.62 bits per heavy atom. The van der Waals surface area contributed by atoms with Crippen LogP contribution in [0.3, 0.4) is 0 Å². The van der Waals surface area contributed by atoms with Crippen LogP contribution in [0.2, 0.25) is 0 Å². The summed E-state index contributed by atoms with van der Waals surface area (Å²) < 4.78 is 0. The van der Waals surface area contributed by atoms with Gasteiger partial charge in [-0.2, -0.15) is 0 Å². The summed E-state index contributed by atoms with van der Waals surface area (Å²) in [6.07, 6.45) is 5.49. The molecule has 0 radical (unpaired) electrons. The number of nitrogens with two attached hydrogens (primary N) is 1. The maximum Gasteiger partial charge on any atom is 0.320 e. The molecule has 1 aliphatic rings. The average Bonchev–Trinajstić information content (AvgIpc) is 2.04. The van der Waals surface area contributed by atoms with Gasteiger partial charge in [-0.05, 0) is 24.7 Å². The van der Waals surface area contributed by atoms with Gasteiger partial charge in [-0.25, -0.2) is 0 Å². The number of aliphatic carboxylic acids is 1. The third-order valence-electron chi connectivity index (χ3n) is 2.95. The molecule has 0 aromatic heterocycles. The highest BCUT2D eigenvalue weighted by atomic mass is 16.4. The van der Waals surface area contributed by atoms with E-state index < -0.39 is 12.0 Å². The van der Waals surface area contributed by atoms with Gasteiger partial charge in [0.25, 0.3) is 0 Å². The molecule has 0 aliphatic heterocycles. The van der Waals surface area contributed by atoms with E-state index in [4.69, 9.17) is 10.8 Å². The molecule has 1 rings (SSSR count). The van der Waals surface area contributed by atoms with E-state index in [-0.39, 0.29) is 0 Å². The summed E-state index contributed by atoms with van der Waals surface area (Å²) in [6.45, 7) is 2.23. The average molecular weight is 185 g/mol. The number of hydrogen-bond acceptors (Lipinski definition) is 2. The topological polar surface area (TPSA) is 63.3 Å². The SMILES string of the molecule is CC1CCCC(C[C@@H](N)C(=O)O)C1. The first-order valence-corrected chi connectivity index (χ1v) is 5.08. The standard InChI is InChI=1S/C10H19NO2/c1-7-3-2-4-8(5-7)6-9(11)10(12)13/h7-9H,2-6,11H2,1H3,(H,12,13)/t7?,8?,9-/m1/s1. The molecule has 1 aliphatic carbocycles. The molecule has 0 heterocycles. The first-order valence-electron chi connectivity index (χ1n) is 5.08. The fraction of sp³-hybridized carbons (Fsp3) is 0.900. The maximum atomic E-state index is 10.5. The second-order valence-electron chi connectivity index (χ2n) is 4.32. The Morgan fingerprint density at radius 2 is 2.31 bits per heavy atom. The van der Waals surface area contributed by atoms with Crippen LogP contribution in [-0.2, 0) is 4.79 Å². The predicted octanol–water partition coefficient (Wildman–Crippen LogP) is 1.61. The molecule has 1 saturated carbocycles. The molecule has 0 saturated heterocycles. The van der Waals surface area contributed by atoms with Crippen molar-refractivity contribution < 1.29 is 9.90 Å². The van der Waals surface area contributed by atoms with E-state index in [1.54, 1.807) is 0 Å². The first kappa shape index (κ1) is 10.5. The highest BCUT2D eigenvalue weighted by molar-refractivity contribution is 5.73. The molecule has 0 aromatic rings. The fourth-order valence-electron chi connectivity index (χ4n) is 2.23. The summed E-state index contributed by atoms with van der Waals surface area (Å²) in [6, 6.07) is -0.657. The summed E-state index contributed by atoms with van der Waals surface area (Å²) >= 11 is 0. The van der Waals surface area contributed by atoms with E-state index in [2.05, 4.69) is 6.92 Å². The molecule has 3 atom stereocenters. The van der Waals surface area contributed by atoms with E-state index in [1.807, 2.05) is 0 Å². The normalized spacial score (nSPS) is 31.2. The maximum absolute atomic E-state index is 10.5. The molecule has 13 heavy (non-hydrogen) atoms. The van der Waals surface area contributed by atoms with Crippen LogP contribution in [0.25, 0.3) is 0 Å². The Balaban J connectivity index is 2.31. The second kappa shape index (κ2) is 4.61. The Labute approximate surface area is 79.3 Å². The van der Waals surface area contributed by atoms with E-state index in [0.717, 1.165) is 18.8 Å². The summed E-state index contributed by atoms with van der Waals surface area (Å²) in [5.74, 6) is 0.424. The van der Waals surface area contributed by atoms with Crippen molar-refractivity contribution in [3.63, 3.8) is 0 Å². The van der Waals surface area contributed by atoms with Crippen molar-refractivity contribution in [1.29, 1.82) is 0 Å². The molecule has 3 nitrogen and oxygen atoms in total. The van der Waals surface area contributed by atoms with E-state index >= 15 is 0 Å². The van der Waals surface area contributed by atoms with E-state index in [0.29, 0.717) is 12.3 Å². The third-order valence-corrected chi connectivity index (χ3v) is 2.95. The lowest BCUT2D eigenvalue weighted by molar-refractivity contribution is -0.139. The van der Waals surface area contributed by atoms with Gasteiger partial charge in [0.15, 0.2) is 0 Å². The molecule has 0 amide bonds. The Kier molecular flexibility index (Phi) is 3.72. The molecule has 1 fully saturated rings. The number of carbonyl (C=O) groups is 1. The largest absolute Gasteiger partial charge is 0.480 e. The molecular weight excluding hydrogens is 166 g/mol. The van der Waals surface area contributed by atoms with Crippen molar-refractivity contribution in [3.8, 4) is 0 Å². The molecule has 0 bridgehead atoms. The van der Waals surface area contributed by atoms with E-state index in [1.165, 1.54) is 12.8 Å². The van der Waals surface area contributed by atoms with Crippen LogP contribution >= 0.6 is 0 Å². The van der Waals surface area contributed by atoms with Crippen LogP contribution in [0.4, 0.5) is 0 Å². The van der Waals surface area contributed by atoms with Crippen molar-refractivity contribution in [3.05, 3.63) is 0 Å². The number of carboxylic acids is 1. The molecule has 2 unspecified atom stereocenters. The second-order valence-corrected chi connectivity index (χ2v) is 4.32. The smallest absolute Gasteiger partial charge is 0.320 e. The fourth-order valence-corrected chi connectivity index (χ4v) is 2.23. The van der Waals surface area contributed by atoms with Crippen molar-refractivity contribution in [2.75, 3.05) is 0 Å². The van der Waals surface area contributed by atoms with Gasteiger partial charge in [0.2, 0.25) is 0 Å². The molecule has 3 N–H and O–H groups in total. The monoisotopic (exact) mass is 185 g/mol. The van der Waals surface area contributed by atoms with Crippen LogP contribution in [0.1, 0.15) is 39.0 Å². The van der Waals surface area contributed by atoms with Crippen LogP contribution < -0.4 is 5.73 Å². The number of rotatable bonds is 3. The Morgan fingerprint density at radius 3 is 2.85 bits per heavy atom. The summed E-state index contributed by atoms with van der Waals surface area (Å²) in [7, 11) is 0. The summed E-state index contributed by atoms with van der Waals surface area (Å²) in [5, 5.41) is 8.65. The third kappa shape index (κ3) is 3.35. The Bertz CT molecular complexity index is 182. The van der Waals surface area contributed by atoms with Crippen molar-refractivity contribution in [2.24, 2.45) is 17.6 Å². The predicted molar refractivity (Wildman–Crippen MR) is 51.4 cm³/mol. The minimum atomic E-state index is -0.863. The van der Waals surface area contributed by atoms with Gasteiger partial charge in [0.1, 0.15) is 6.04 Å². The zero-order chi connectivity index (χ0) is 9.84.